The third-order valence-electron chi connectivity index (χ3n) is 3.06. The summed E-state index contributed by atoms with van der Waals surface area (Å²) in [4.78, 5) is 0. The molecule has 1 saturated carbocycles. The summed E-state index contributed by atoms with van der Waals surface area (Å²) in [6, 6.07) is 2.46. The zero-order chi connectivity index (χ0) is 11.3. The van der Waals surface area contributed by atoms with E-state index < -0.39 is 0 Å². The smallest absolute Gasteiger partial charge is 0.107 e. The summed E-state index contributed by atoms with van der Waals surface area (Å²) in [6.45, 7) is 4.51. The lowest BCUT2D eigenvalue weighted by Gasteiger charge is -2.35. The molecule has 0 radical (unpaired) electrons. The summed E-state index contributed by atoms with van der Waals surface area (Å²) in [5.74, 6) is 1.97. The Bertz CT molecular complexity index is 234. The van der Waals surface area contributed by atoms with Crippen LogP contribution in [0.5, 0.6) is 0 Å². The van der Waals surface area contributed by atoms with Gasteiger partial charge in [0.25, 0.3) is 0 Å². The fraction of sp³-hybridized carbons (Fsp3) is 0.917. The lowest BCUT2D eigenvalue weighted by Crippen LogP contribution is -2.46. The molecule has 1 rings (SSSR count). The van der Waals surface area contributed by atoms with Gasteiger partial charge in [-0.05, 0) is 44.4 Å². The Morgan fingerprint density at radius 2 is 2.33 bits per heavy atom. The van der Waals surface area contributed by atoms with Crippen molar-refractivity contribution in [1.82, 2.24) is 5.32 Å². The van der Waals surface area contributed by atoms with Crippen LogP contribution in [0, 0.1) is 17.2 Å². The van der Waals surface area contributed by atoms with Gasteiger partial charge in [0.15, 0.2) is 0 Å². The Hall–Kier alpha value is -0.200. The fourth-order valence-corrected chi connectivity index (χ4v) is 3.47. The van der Waals surface area contributed by atoms with Gasteiger partial charge in [0.05, 0.1) is 6.07 Å². The van der Waals surface area contributed by atoms with Crippen molar-refractivity contribution >= 4 is 11.8 Å². The van der Waals surface area contributed by atoms with Crippen LogP contribution in [0.4, 0.5) is 0 Å². The van der Waals surface area contributed by atoms with E-state index in [0.717, 1.165) is 18.8 Å². The summed E-state index contributed by atoms with van der Waals surface area (Å²) in [6.07, 6.45) is 4.49. The minimum atomic E-state index is -0.243. The Morgan fingerprint density at radius 1 is 1.60 bits per heavy atom. The highest BCUT2D eigenvalue weighted by molar-refractivity contribution is 7.99. The summed E-state index contributed by atoms with van der Waals surface area (Å²) >= 11 is 2.05. The van der Waals surface area contributed by atoms with Gasteiger partial charge in [-0.3, -0.25) is 0 Å². The monoisotopic (exact) mass is 226 g/mol. The topological polar surface area (TPSA) is 35.8 Å². The summed E-state index contributed by atoms with van der Waals surface area (Å²) in [5.41, 5.74) is -0.243. The van der Waals surface area contributed by atoms with E-state index in [1.165, 1.54) is 18.6 Å². The minimum absolute atomic E-state index is 0.243. The number of hydrogen-bond acceptors (Lipinski definition) is 3. The fourth-order valence-electron chi connectivity index (χ4n) is 2.08. The van der Waals surface area contributed by atoms with Gasteiger partial charge in [-0.25, -0.2) is 0 Å². The van der Waals surface area contributed by atoms with E-state index in [1.54, 1.807) is 0 Å². The number of hydrogen-bond donors (Lipinski definition) is 1. The molecular weight excluding hydrogens is 204 g/mol. The van der Waals surface area contributed by atoms with E-state index >= 15 is 0 Å². The normalized spacial score (nSPS) is 31.5. The highest BCUT2D eigenvalue weighted by Crippen LogP contribution is 2.35. The van der Waals surface area contributed by atoms with Crippen molar-refractivity contribution in [2.45, 2.75) is 50.3 Å². The molecule has 15 heavy (non-hydrogen) atoms. The van der Waals surface area contributed by atoms with E-state index in [0.29, 0.717) is 5.25 Å². The molecule has 0 aliphatic heterocycles. The molecule has 2 nitrogen and oxygen atoms in total. The molecule has 0 spiro atoms. The SMILES string of the molecule is CNC1(C#N)CCCC(SCC(C)C)C1. The van der Waals surface area contributed by atoms with Crippen LogP contribution in [0.15, 0.2) is 0 Å². The number of rotatable bonds is 4. The highest BCUT2D eigenvalue weighted by Gasteiger charge is 2.35. The van der Waals surface area contributed by atoms with Crippen molar-refractivity contribution in [1.29, 1.82) is 5.26 Å². The standard InChI is InChI=1S/C12H22N2S/c1-10(2)8-15-11-5-4-6-12(7-11,9-13)14-3/h10-11,14H,4-8H2,1-3H3. The lowest BCUT2D eigenvalue weighted by molar-refractivity contribution is 0.323. The van der Waals surface area contributed by atoms with Crippen LogP contribution in [-0.2, 0) is 0 Å². The van der Waals surface area contributed by atoms with E-state index in [-0.39, 0.29) is 5.54 Å². The molecular formula is C12H22N2S. The van der Waals surface area contributed by atoms with Crippen LogP contribution in [0.1, 0.15) is 39.5 Å². The van der Waals surface area contributed by atoms with Crippen molar-refractivity contribution in [3.05, 3.63) is 0 Å². The number of nitrogens with zero attached hydrogens (tertiary/aromatic N) is 1. The van der Waals surface area contributed by atoms with Crippen LogP contribution in [0.2, 0.25) is 0 Å². The van der Waals surface area contributed by atoms with Crippen LogP contribution in [0.25, 0.3) is 0 Å². The Labute approximate surface area is 97.8 Å². The molecule has 2 unspecified atom stereocenters. The van der Waals surface area contributed by atoms with Gasteiger partial charge >= 0.3 is 0 Å². The maximum Gasteiger partial charge on any atom is 0.107 e. The van der Waals surface area contributed by atoms with Crippen molar-refractivity contribution in [2.75, 3.05) is 12.8 Å². The summed E-state index contributed by atoms with van der Waals surface area (Å²) in [5, 5.41) is 13.1. The molecule has 1 N–H and O–H groups in total. The second-order valence-corrected chi connectivity index (χ2v) is 6.22. The molecule has 3 heteroatoms. The Kier molecular flexibility index (Phi) is 4.95. The molecule has 2 atom stereocenters. The third-order valence-corrected chi connectivity index (χ3v) is 4.80. The van der Waals surface area contributed by atoms with Crippen molar-refractivity contribution in [2.24, 2.45) is 5.92 Å². The molecule has 0 aromatic rings. The first kappa shape index (κ1) is 12.9. The number of nitrogens with one attached hydrogen (secondary N) is 1. The van der Waals surface area contributed by atoms with Crippen LogP contribution in [-0.4, -0.2) is 23.6 Å². The first-order valence-corrected chi connectivity index (χ1v) is 6.88. The molecule has 0 aromatic carbocycles. The van der Waals surface area contributed by atoms with Gasteiger partial charge in [-0.15, -0.1) is 0 Å². The van der Waals surface area contributed by atoms with Crippen LogP contribution >= 0.6 is 11.8 Å². The minimum Gasteiger partial charge on any atom is -0.302 e. The van der Waals surface area contributed by atoms with E-state index in [4.69, 9.17) is 0 Å². The highest BCUT2D eigenvalue weighted by atomic mass is 32.2. The molecule has 0 amide bonds. The van der Waals surface area contributed by atoms with Crippen molar-refractivity contribution in [3.8, 4) is 6.07 Å². The number of thioether (sulfide) groups is 1. The zero-order valence-corrected chi connectivity index (χ0v) is 10.9. The maximum atomic E-state index is 9.21. The summed E-state index contributed by atoms with van der Waals surface area (Å²) < 4.78 is 0. The van der Waals surface area contributed by atoms with E-state index in [1.807, 2.05) is 18.8 Å². The first-order chi connectivity index (χ1) is 7.12. The molecule has 0 saturated heterocycles. The first-order valence-electron chi connectivity index (χ1n) is 5.83. The predicted molar refractivity (Wildman–Crippen MR) is 67.0 cm³/mol. The van der Waals surface area contributed by atoms with E-state index in [9.17, 15) is 5.26 Å². The maximum absolute atomic E-state index is 9.21. The van der Waals surface area contributed by atoms with Gasteiger partial charge in [0, 0.05) is 5.25 Å². The van der Waals surface area contributed by atoms with Gasteiger partial charge in [-0.2, -0.15) is 17.0 Å². The molecule has 0 bridgehead atoms. The number of nitriles is 1. The average Bonchev–Trinajstić information content (AvgIpc) is 2.26. The van der Waals surface area contributed by atoms with Gasteiger partial charge in [0.1, 0.15) is 5.54 Å². The van der Waals surface area contributed by atoms with E-state index in [2.05, 4.69) is 25.2 Å². The largest absolute Gasteiger partial charge is 0.302 e. The zero-order valence-electron chi connectivity index (χ0n) is 10.0. The van der Waals surface area contributed by atoms with Crippen LogP contribution < -0.4 is 5.32 Å². The predicted octanol–water partition coefficient (Wildman–Crippen LogP) is 2.80. The second-order valence-electron chi connectivity index (χ2n) is 4.89. The molecule has 1 aliphatic carbocycles. The molecule has 1 fully saturated rings. The Morgan fingerprint density at radius 3 is 2.87 bits per heavy atom. The third kappa shape index (κ3) is 3.70. The average molecular weight is 226 g/mol. The van der Waals surface area contributed by atoms with Gasteiger partial charge < -0.3 is 5.32 Å². The summed E-state index contributed by atoms with van der Waals surface area (Å²) in [7, 11) is 1.92. The second kappa shape index (κ2) is 5.77. The molecule has 0 heterocycles. The lowest BCUT2D eigenvalue weighted by atomic mass is 9.83. The van der Waals surface area contributed by atoms with Gasteiger partial charge in [-0.1, -0.05) is 13.8 Å². The van der Waals surface area contributed by atoms with Crippen molar-refractivity contribution in [3.63, 3.8) is 0 Å². The van der Waals surface area contributed by atoms with Gasteiger partial charge in [0.2, 0.25) is 0 Å². The Balaban J connectivity index is 2.45. The van der Waals surface area contributed by atoms with Crippen molar-refractivity contribution < 1.29 is 0 Å². The molecule has 0 aromatic heterocycles. The molecule has 86 valence electrons. The molecule has 1 aliphatic rings. The quantitative estimate of drug-likeness (QED) is 0.800. The van der Waals surface area contributed by atoms with Crippen LogP contribution in [0.3, 0.4) is 0 Å².